The lowest BCUT2D eigenvalue weighted by atomic mass is 10.2. The van der Waals surface area contributed by atoms with Crippen molar-refractivity contribution in [2.75, 3.05) is 6.54 Å². The fraction of sp³-hybridized carbons (Fsp3) is 0.818. The predicted octanol–water partition coefficient (Wildman–Crippen LogP) is 0.214. The van der Waals surface area contributed by atoms with Crippen molar-refractivity contribution < 1.29 is 4.79 Å². The van der Waals surface area contributed by atoms with Crippen LogP contribution in [0.5, 0.6) is 0 Å². The Kier molecular flexibility index (Phi) is 4.58. The van der Waals surface area contributed by atoms with E-state index in [0.717, 1.165) is 12.8 Å². The van der Waals surface area contributed by atoms with Crippen LogP contribution < -0.4 is 16.4 Å². The first-order chi connectivity index (χ1) is 7.49. The molecule has 1 amide bonds. The predicted molar refractivity (Wildman–Crippen MR) is 65.1 cm³/mol. The molecule has 1 unspecified atom stereocenters. The van der Waals surface area contributed by atoms with E-state index in [2.05, 4.69) is 29.5 Å². The van der Waals surface area contributed by atoms with Crippen LogP contribution >= 0.6 is 0 Å². The average Bonchev–Trinajstić information content (AvgIpc) is 2.97. The minimum absolute atomic E-state index is 0.0392. The Hall–Kier alpha value is -1.26. The van der Waals surface area contributed by atoms with Gasteiger partial charge in [-0.2, -0.15) is 0 Å². The summed E-state index contributed by atoms with van der Waals surface area (Å²) in [6, 6.07) is 0.0414. The summed E-state index contributed by atoms with van der Waals surface area (Å²) in [5.41, 5.74) is 5.67. The van der Waals surface area contributed by atoms with E-state index in [-0.39, 0.29) is 11.9 Å². The Labute approximate surface area is 96.9 Å². The van der Waals surface area contributed by atoms with Gasteiger partial charge in [0.05, 0.1) is 6.04 Å². The van der Waals surface area contributed by atoms with E-state index in [1.807, 2.05) is 0 Å². The highest BCUT2D eigenvalue weighted by atomic mass is 16.2. The lowest BCUT2D eigenvalue weighted by Gasteiger charge is -2.15. The van der Waals surface area contributed by atoms with Gasteiger partial charge in [-0.25, -0.2) is 0 Å². The van der Waals surface area contributed by atoms with Crippen LogP contribution in [0, 0.1) is 5.92 Å². The van der Waals surface area contributed by atoms with Gasteiger partial charge in [-0.1, -0.05) is 13.8 Å². The van der Waals surface area contributed by atoms with E-state index in [1.54, 1.807) is 6.92 Å². The Balaban J connectivity index is 2.27. The van der Waals surface area contributed by atoms with E-state index < -0.39 is 0 Å². The number of nitrogens with zero attached hydrogens (tertiary/aromatic N) is 1. The monoisotopic (exact) mass is 226 g/mol. The van der Waals surface area contributed by atoms with Crippen LogP contribution in [0.1, 0.15) is 33.6 Å². The molecule has 0 radical (unpaired) electrons. The van der Waals surface area contributed by atoms with Crippen LogP contribution in [0.2, 0.25) is 0 Å². The molecule has 0 bridgehead atoms. The topological polar surface area (TPSA) is 79.5 Å². The van der Waals surface area contributed by atoms with Gasteiger partial charge in [0, 0.05) is 6.54 Å². The summed E-state index contributed by atoms with van der Waals surface area (Å²) in [4.78, 5) is 15.8. The number of guanidine groups is 1. The zero-order valence-corrected chi connectivity index (χ0v) is 10.3. The maximum absolute atomic E-state index is 11.6. The normalized spacial score (nSPS) is 18.4. The number of hydrogen-bond acceptors (Lipinski definition) is 2. The van der Waals surface area contributed by atoms with Gasteiger partial charge in [0.2, 0.25) is 5.91 Å². The van der Waals surface area contributed by atoms with Crippen LogP contribution in [-0.2, 0) is 4.79 Å². The number of rotatable bonds is 5. The molecule has 92 valence electrons. The van der Waals surface area contributed by atoms with Crippen molar-refractivity contribution >= 4 is 11.9 Å². The second-order valence-electron chi connectivity index (χ2n) is 4.75. The minimum atomic E-state index is -0.332. The lowest BCUT2D eigenvalue weighted by Crippen LogP contribution is -2.48. The SMILES string of the molecule is CC(C)CNC(=O)C(C)NC(N)=NC1CC1. The van der Waals surface area contributed by atoms with Crippen molar-refractivity contribution in [1.82, 2.24) is 10.6 Å². The zero-order chi connectivity index (χ0) is 12.1. The zero-order valence-electron chi connectivity index (χ0n) is 10.3. The van der Waals surface area contributed by atoms with Crippen molar-refractivity contribution in [3.8, 4) is 0 Å². The molecular formula is C11H22N4O. The summed E-state index contributed by atoms with van der Waals surface area (Å²) in [5.74, 6) is 0.783. The fourth-order valence-corrected chi connectivity index (χ4v) is 1.18. The number of nitrogens with two attached hydrogens (primary N) is 1. The van der Waals surface area contributed by atoms with Crippen LogP contribution in [0.25, 0.3) is 0 Å². The molecule has 1 rings (SSSR count). The molecule has 1 fully saturated rings. The van der Waals surface area contributed by atoms with Gasteiger partial charge >= 0.3 is 0 Å². The summed E-state index contributed by atoms with van der Waals surface area (Å²) in [6.45, 7) is 6.58. The summed E-state index contributed by atoms with van der Waals surface area (Å²) in [7, 11) is 0. The molecule has 1 aliphatic carbocycles. The van der Waals surface area contributed by atoms with Gasteiger partial charge in [0.25, 0.3) is 0 Å². The molecule has 4 N–H and O–H groups in total. The molecule has 0 aromatic heterocycles. The minimum Gasteiger partial charge on any atom is -0.370 e. The highest BCUT2D eigenvalue weighted by Gasteiger charge is 2.21. The Bertz CT molecular complexity index is 271. The average molecular weight is 226 g/mol. The summed E-state index contributed by atoms with van der Waals surface area (Å²) in [5, 5.41) is 5.73. The Morgan fingerprint density at radius 2 is 2.06 bits per heavy atom. The molecular weight excluding hydrogens is 204 g/mol. The van der Waals surface area contributed by atoms with Gasteiger partial charge < -0.3 is 16.4 Å². The van der Waals surface area contributed by atoms with Crippen molar-refractivity contribution in [3.63, 3.8) is 0 Å². The van der Waals surface area contributed by atoms with Gasteiger partial charge in [-0.15, -0.1) is 0 Å². The number of carbonyl (C=O) groups is 1. The second kappa shape index (κ2) is 5.72. The van der Waals surface area contributed by atoms with Crippen molar-refractivity contribution in [1.29, 1.82) is 0 Å². The largest absolute Gasteiger partial charge is 0.370 e. The first-order valence-corrected chi connectivity index (χ1v) is 5.86. The highest BCUT2D eigenvalue weighted by Crippen LogP contribution is 2.22. The molecule has 5 nitrogen and oxygen atoms in total. The van der Waals surface area contributed by atoms with Crippen LogP contribution in [0.4, 0.5) is 0 Å². The van der Waals surface area contributed by atoms with Crippen molar-refractivity contribution in [2.24, 2.45) is 16.6 Å². The first-order valence-electron chi connectivity index (χ1n) is 5.86. The molecule has 0 spiro atoms. The van der Waals surface area contributed by atoms with E-state index >= 15 is 0 Å². The standard InChI is InChI=1S/C11H22N4O/c1-7(2)6-13-10(16)8(3)14-11(12)15-9-4-5-9/h7-9H,4-6H2,1-3H3,(H,13,16)(H3,12,14,15). The quantitative estimate of drug-likeness (QED) is 0.463. The maximum Gasteiger partial charge on any atom is 0.242 e. The number of carbonyl (C=O) groups excluding carboxylic acids is 1. The molecule has 5 heteroatoms. The van der Waals surface area contributed by atoms with Gasteiger partial charge in [0.15, 0.2) is 5.96 Å². The molecule has 0 heterocycles. The second-order valence-corrected chi connectivity index (χ2v) is 4.75. The fourth-order valence-electron chi connectivity index (χ4n) is 1.18. The van der Waals surface area contributed by atoms with E-state index in [0.29, 0.717) is 24.5 Å². The lowest BCUT2D eigenvalue weighted by molar-refractivity contribution is -0.122. The van der Waals surface area contributed by atoms with Crippen molar-refractivity contribution in [2.45, 2.75) is 45.7 Å². The van der Waals surface area contributed by atoms with Crippen LogP contribution in [-0.4, -0.2) is 30.5 Å². The van der Waals surface area contributed by atoms with Gasteiger partial charge in [-0.3, -0.25) is 9.79 Å². The molecule has 0 saturated heterocycles. The van der Waals surface area contributed by atoms with Crippen molar-refractivity contribution in [3.05, 3.63) is 0 Å². The number of hydrogen-bond donors (Lipinski definition) is 3. The molecule has 1 aliphatic rings. The van der Waals surface area contributed by atoms with Crippen LogP contribution in [0.15, 0.2) is 4.99 Å². The van der Waals surface area contributed by atoms with Gasteiger partial charge in [0.1, 0.15) is 6.04 Å². The third-order valence-corrected chi connectivity index (χ3v) is 2.31. The molecule has 0 aromatic carbocycles. The Morgan fingerprint density at radius 1 is 1.44 bits per heavy atom. The molecule has 1 saturated carbocycles. The molecule has 1 atom stereocenters. The number of nitrogens with one attached hydrogen (secondary N) is 2. The molecule has 16 heavy (non-hydrogen) atoms. The third-order valence-electron chi connectivity index (χ3n) is 2.31. The maximum atomic E-state index is 11.6. The highest BCUT2D eigenvalue weighted by molar-refractivity contribution is 5.88. The summed E-state index contributed by atoms with van der Waals surface area (Å²) < 4.78 is 0. The van der Waals surface area contributed by atoms with E-state index in [4.69, 9.17) is 5.73 Å². The van der Waals surface area contributed by atoms with Crippen LogP contribution in [0.3, 0.4) is 0 Å². The first kappa shape index (κ1) is 12.8. The smallest absolute Gasteiger partial charge is 0.242 e. The molecule has 0 aromatic rings. The Morgan fingerprint density at radius 3 is 2.56 bits per heavy atom. The number of aliphatic imine (C=N–C) groups is 1. The third kappa shape index (κ3) is 5.00. The van der Waals surface area contributed by atoms with Gasteiger partial charge in [-0.05, 0) is 25.7 Å². The summed E-state index contributed by atoms with van der Waals surface area (Å²) in [6.07, 6.45) is 2.21. The number of amides is 1. The molecule has 0 aliphatic heterocycles. The summed E-state index contributed by atoms with van der Waals surface area (Å²) >= 11 is 0. The van der Waals surface area contributed by atoms with E-state index in [1.165, 1.54) is 0 Å². The van der Waals surface area contributed by atoms with E-state index in [9.17, 15) is 4.79 Å².